The highest BCUT2D eigenvalue weighted by molar-refractivity contribution is 14.1. The summed E-state index contributed by atoms with van der Waals surface area (Å²) < 4.78 is 34.9. The van der Waals surface area contributed by atoms with Crippen molar-refractivity contribution in [2.45, 2.75) is 5.92 Å². The second-order valence-corrected chi connectivity index (χ2v) is 12.2. The van der Waals surface area contributed by atoms with Crippen LogP contribution in [0.3, 0.4) is 0 Å². The Morgan fingerprint density at radius 2 is 1.30 bits per heavy atom. The molecule has 1 aliphatic heterocycles. The molecule has 1 unspecified atom stereocenters. The van der Waals surface area contributed by atoms with Crippen molar-refractivity contribution in [3.8, 4) is 28.7 Å². The highest BCUT2D eigenvalue weighted by Crippen LogP contribution is 2.55. The molecule has 0 aromatic heterocycles. The quantitative estimate of drug-likeness (QED) is 0.123. The molecule has 230 valence electrons. The Labute approximate surface area is 286 Å². The minimum absolute atomic E-state index is 0.131. The van der Waals surface area contributed by atoms with E-state index in [9.17, 15) is 0 Å². The SMILES string of the molecule is C=CCOC.COC.COc1ccc2ccc(OC)c(C3c4cc(I)cc(I)c4Oc4ccc5ccc(OC)cc5c43)c2c1. The first-order valence-electron chi connectivity index (χ1n) is 13.8. The number of benzene rings is 5. The molecule has 0 amide bonds. The Bertz CT molecular complexity index is 1760. The van der Waals surface area contributed by atoms with Gasteiger partial charge in [-0.25, -0.2) is 0 Å². The second kappa shape index (κ2) is 15.8. The van der Waals surface area contributed by atoms with Crippen LogP contribution in [0.4, 0.5) is 0 Å². The molecule has 5 aromatic carbocycles. The van der Waals surface area contributed by atoms with E-state index in [0.717, 1.165) is 74.1 Å². The van der Waals surface area contributed by atoms with Crippen molar-refractivity contribution in [3.05, 3.63) is 109 Å². The Hall–Kier alpha value is -3.06. The van der Waals surface area contributed by atoms with Crippen molar-refractivity contribution in [3.63, 3.8) is 0 Å². The normalized spacial score (nSPS) is 12.9. The minimum atomic E-state index is -0.131. The molecule has 1 aliphatic rings. The topological polar surface area (TPSA) is 55.4 Å². The van der Waals surface area contributed by atoms with Crippen LogP contribution in [0.2, 0.25) is 0 Å². The molecule has 0 radical (unpaired) electrons. The zero-order valence-electron chi connectivity index (χ0n) is 25.7. The summed E-state index contributed by atoms with van der Waals surface area (Å²) in [6.07, 6.45) is 1.71. The largest absolute Gasteiger partial charge is 0.497 e. The van der Waals surface area contributed by atoms with Crippen LogP contribution in [0.25, 0.3) is 21.5 Å². The molecule has 8 heteroatoms. The molecular weight excluding hydrogens is 782 g/mol. The summed E-state index contributed by atoms with van der Waals surface area (Å²) >= 11 is 4.76. The molecular formula is C36H36I2O6. The Morgan fingerprint density at radius 3 is 1.82 bits per heavy atom. The third kappa shape index (κ3) is 7.09. The number of rotatable bonds is 6. The summed E-state index contributed by atoms with van der Waals surface area (Å²) in [5, 5.41) is 4.44. The molecule has 0 saturated heterocycles. The van der Waals surface area contributed by atoms with Gasteiger partial charge >= 0.3 is 0 Å². The van der Waals surface area contributed by atoms with Gasteiger partial charge in [-0.2, -0.15) is 0 Å². The molecule has 1 atom stereocenters. The van der Waals surface area contributed by atoms with E-state index in [1.165, 1.54) is 0 Å². The van der Waals surface area contributed by atoms with Gasteiger partial charge in [0, 0.05) is 47.5 Å². The first-order valence-corrected chi connectivity index (χ1v) is 15.9. The van der Waals surface area contributed by atoms with E-state index in [1.54, 1.807) is 48.7 Å². The molecule has 0 saturated carbocycles. The number of halogens is 2. The van der Waals surface area contributed by atoms with Crippen LogP contribution in [0.1, 0.15) is 22.6 Å². The predicted molar refractivity (Wildman–Crippen MR) is 195 cm³/mol. The monoisotopic (exact) mass is 818 g/mol. The van der Waals surface area contributed by atoms with E-state index in [4.69, 9.17) is 18.9 Å². The lowest BCUT2D eigenvalue weighted by molar-refractivity contribution is 0.234. The molecule has 0 bridgehead atoms. The lowest BCUT2D eigenvalue weighted by atomic mass is 9.78. The first-order chi connectivity index (χ1) is 21.3. The molecule has 0 N–H and O–H groups in total. The molecule has 1 heterocycles. The number of hydrogen-bond donors (Lipinski definition) is 0. The Balaban J connectivity index is 0.000000496. The van der Waals surface area contributed by atoms with Crippen LogP contribution in [0, 0.1) is 7.14 Å². The van der Waals surface area contributed by atoms with Gasteiger partial charge in [0.05, 0.1) is 31.5 Å². The van der Waals surface area contributed by atoms with Gasteiger partial charge in [0.1, 0.15) is 28.7 Å². The summed E-state index contributed by atoms with van der Waals surface area (Å²) in [6.45, 7) is 4.08. The van der Waals surface area contributed by atoms with Gasteiger partial charge in [-0.05, 0) is 115 Å². The maximum atomic E-state index is 6.61. The third-order valence-corrected chi connectivity index (χ3v) is 8.53. The van der Waals surface area contributed by atoms with Gasteiger partial charge < -0.3 is 28.4 Å². The van der Waals surface area contributed by atoms with Crippen LogP contribution in [-0.4, -0.2) is 49.3 Å². The maximum Gasteiger partial charge on any atom is 0.144 e. The van der Waals surface area contributed by atoms with Gasteiger partial charge in [-0.1, -0.05) is 30.3 Å². The highest BCUT2D eigenvalue weighted by atomic mass is 127. The van der Waals surface area contributed by atoms with Gasteiger partial charge in [-0.3, -0.25) is 0 Å². The summed E-state index contributed by atoms with van der Waals surface area (Å²) in [7, 11) is 10.0. The van der Waals surface area contributed by atoms with Crippen molar-refractivity contribution in [1.29, 1.82) is 0 Å². The number of methoxy groups -OCH3 is 5. The van der Waals surface area contributed by atoms with Crippen LogP contribution < -0.4 is 18.9 Å². The van der Waals surface area contributed by atoms with E-state index in [-0.39, 0.29) is 5.92 Å². The molecule has 0 aliphatic carbocycles. The average Bonchev–Trinajstić information content (AvgIpc) is 3.04. The minimum Gasteiger partial charge on any atom is -0.497 e. The fourth-order valence-corrected chi connectivity index (χ4v) is 7.31. The standard InChI is InChI=1S/C30H22I2O4.C4H8O.C2H6O/c1-33-19-8-4-16-6-10-25(35-3)27(21(16)14-19)29-23-12-18(31)13-24(32)30(23)36-26-11-7-17-5-9-20(34-2)15-22(17)28(26)29;1-3-4-5-2;1-3-2/h4-15,29H,1-3H3;3H,1,4H2,2H3;1-2H3. The van der Waals surface area contributed by atoms with Crippen LogP contribution in [0.5, 0.6) is 28.7 Å². The van der Waals surface area contributed by atoms with Crippen molar-refractivity contribution in [2.24, 2.45) is 0 Å². The molecule has 6 nitrogen and oxygen atoms in total. The lowest BCUT2D eigenvalue weighted by Crippen LogP contribution is -2.15. The van der Waals surface area contributed by atoms with Gasteiger partial charge in [0.2, 0.25) is 0 Å². The molecule has 0 spiro atoms. The number of ether oxygens (including phenoxy) is 6. The Morgan fingerprint density at radius 1 is 0.727 bits per heavy atom. The number of hydrogen-bond acceptors (Lipinski definition) is 6. The summed E-state index contributed by atoms with van der Waals surface area (Å²) in [5.74, 6) is 4.04. The number of fused-ring (bicyclic) bond motifs is 5. The average molecular weight is 818 g/mol. The lowest BCUT2D eigenvalue weighted by Gasteiger charge is -2.32. The van der Waals surface area contributed by atoms with Crippen LogP contribution >= 0.6 is 45.2 Å². The van der Waals surface area contributed by atoms with Gasteiger partial charge in [-0.15, -0.1) is 6.58 Å². The van der Waals surface area contributed by atoms with Crippen LogP contribution in [0.15, 0.2) is 85.5 Å². The maximum absolute atomic E-state index is 6.61. The van der Waals surface area contributed by atoms with E-state index in [2.05, 4.69) is 122 Å². The van der Waals surface area contributed by atoms with Crippen molar-refractivity contribution >= 4 is 66.7 Å². The van der Waals surface area contributed by atoms with Crippen molar-refractivity contribution in [1.82, 2.24) is 0 Å². The first kappa shape index (κ1) is 33.8. The van der Waals surface area contributed by atoms with Crippen molar-refractivity contribution in [2.75, 3.05) is 49.3 Å². The molecule has 0 fully saturated rings. The van der Waals surface area contributed by atoms with Crippen LogP contribution in [-0.2, 0) is 9.47 Å². The predicted octanol–water partition coefficient (Wildman–Crippen LogP) is 9.60. The van der Waals surface area contributed by atoms with E-state index < -0.39 is 0 Å². The fourth-order valence-electron chi connectivity index (χ4n) is 5.31. The van der Waals surface area contributed by atoms with Gasteiger partial charge in [0.25, 0.3) is 0 Å². The second-order valence-electron chi connectivity index (χ2n) is 9.83. The fraction of sp³-hybridized carbons (Fsp3) is 0.222. The summed E-state index contributed by atoms with van der Waals surface area (Å²) in [6, 6.07) is 25.1. The third-order valence-electron chi connectivity index (χ3n) is 7.10. The summed E-state index contributed by atoms with van der Waals surface area (Å²) in [4.78, 5) is 0. The smallest absolute Gasteiger partial charge is 0.144 e. The highest BCUT2D eigenvalue weighted by Gasteiger charge is 2.35. The molecule has 5 aromatic rings. The van der Waals surface area contributed by atoms with E-state index >= 15 is 0 Å². The van der Waals surface area contributed by atoms with E-state index in [0.29, 0.717) is 6.61 Å². The molecule has 44 heavy (non-hydrogen) atoms. The van der Waals surface area contributed by atoms with E-state index in [1.807, 2.05) is 12.1 Å². The van der Waals surface area contributed by atoms with Gasteiger partial charge in [0.15, 0.2) is 0 Å². The zero-order valence-corrected chi connectivity index (χ0v) is 30.0. The molecule has 6 rings (SSSR count). The Kier molecular flexibility index (Phi) is 12.1. The summed E-state index contributed by atoms with van der Waals surface area (Å²) in [5.41, 5.74) is 3.31. The van der Waals surface area contributed by atoms with Crippen molar-refractivity contribution < 1.29 is 28.4 Å². The zero-order chi connectivity index (χ0) is 31.8.